The molecule has 0 saturated carbocycles. The zero-order valence-electron chi connectivity index (χ0n) is 10.9. The number of rotatable bonds is 6. The monoisotopic (exact) mass is 280 g/mol. The smallest absolute Gasteiger partial charge is 0.129 e. The summed E-state index contributed by atoms with van der Waals surface area (Å²) in [4.78, 5) is 5.40. The first kappa shape index (κ1) is 14.1. The van der Waals surface area contributed by atoms with Gasteiger partial charge in [0.15, 0.2) is 0 Å². The van der Waals surface area contributed by atoms with Gasteiger partial charge in [0.1, 0.15) is 5.82 Å². The molecular weight excluding hydrogens is 263 g/mol. The maximum Gasteiger partial charge on any atom is 0.129 e. The van der Waals surface area contributed by atoms with E-state index in [4.69, 9.17) is 10.5 Å². The standard InChI is InChI=1S/C14H17FN2OS/c1-10-14(19-9-17-10)4-5-18-8-12-3-2-11(7-16)6-13(12)15/h2-3,6,9H,4-5,7-8,16H2,1H3. The van der Waals surface area contributed by atoms with Gasteiger partial charge in [0.05, 0.1) is 24.4 Å². The van der Waals surface area contributed by atoms with Gasteiger partial charge in [-0.2, -0.15) is 0 Å². The average molecular weight is 280 g/mol. The van der Waals surface area contributed by atoms with E-state index in [0.717, 1.165) is 17.7 Å². The number of hydrogen-bond acceptors (Lipinski definition) is 4. The number of hydrogen-bond donors (Lipinski definition) is 1. The second-order valence-corrected chi connectivity index (χ2v) is 5.23. The molecule has 0 radical (unpaired) electrons. The number of aromatic nitrogens is 1. The number of halogens is 1. The van der Waals surface area contributed by atoms with E-state index >= 15 is 0 Å². The van der Waals surface area contributed by atoms with Gasteiger partial charge >= 0.3 is 0 Å². The van der Waals surface area contributed by atoms with E-state index < -0.39 is 0 Å². The lowest BCUT2D eigenvalue weighted by molar-refractivity contribution is 0.121. The predicted molar refractivity (Wildman–Crippen MR) is 74.5 cm³/mol. The Labute approximate surface area is 116 Å². The van der Waals surface area contributed by atoms with Crippen LogP contribution in [0, 0.1) is 12.7 Å². The van der Waals surface area contributed by atoms with Crippen LogP contribution in [0.1, 0.15) is 21.7 Å². The lowest BCUT2D eigenvalue weighted by Gasteiger charge is -2.06. The van der Waals surface area contributed by atoms with Crippen molar-refractivity contribution in [1.29, 1.82) is 0 Å². The molecule has 1 aromatic carbocycles. The van der Waals surface area contributed by atoms with E-state index in [0.29, 0.717) is 18.7 Å². The van der Waals surface area contributed by atoms with Crippen LogP contribution in [0.15, 0.2) is 23.7 Å². The zero-order valence-corrected chi connectivity index (χ0v) is 11.7. The number of nitrogens with zero attached hydrogens (tertiary/aromatic N) is 1. The van der Waals surface area contributed by atoms with E-state index in [9.17, 15) is 4.39 Å². The van der Waals surface area contributed by atoms with Crippen LogP contribution in [0.4, 0.5) is 4.39 Å². The molecule has 2 aromatic rings. The minimum Gasteiger partial charge on any atom is -0.376 e. The lowest BCUT2D eigenvalue weighted by atomic mass is 10.1. The summed E-state index contributed by atoms with van der Waals surface area (Å²) in [5.74, 6) is -0.253. The Kier molecular flexibility index (Phi) is 5.01. The SMILES string of the molecule is Cc1ncsc1CCOCc1ccc(CN)cc1F. The molecule has 0 unspecified atom stereocenters. The molecule has 1 aromatic heterocycles. The summed E-state index contributed by atoms with van der Waals surface area (Å²) in [5.41, 5.74) is 9.69. The Morgan fingerprint density at radius 3 is 2.89 bits per heavy atom. The van der Waals surface area contributed by atoms with Crippen molar-refractivity contribution in [3.05, 3.63) is 51.2 Å². The first-order chi connectivity index (χ1) is 9.20. The number of thiazole rings is 1. The van der Waals surface area contributed by atoms with Crippen molar-refractivity contribution in [3.8, 4) is 0 Å². The third-order valence-electron chi connectivity index (χ3n) is 2.93. The molecule has 2 N–H and O–H groups in total. The molecule has 3 nitrogen and oxygen atoms in total. The Hall–Kier alpha value is -1.30. The minimum absolute atomic E-state index is 0.253. The van der Waals surface area contributed by atoms with E-state index in [-0.39, 0.29) is 12.4 Å². The molecule has 1 heterocycles. The lowest BCUT2D eigenvalue weighted by Crippen LogP contribution is -2.02. The van der Waals surface area contributed by atoms with Crippen molar-refractivity contribution < 1.29 is 9.13 Å². The van der Waals surface area contributed by atoms with Crippen molar-refractivity contribution in [3.63, 3.8) is 0 Å². The molecule has 0 saturated heterocycles. The van der Waals surface area contributed by atoms with Gasteiger partial charge in [-0.15, -0.1) is 11.3 Å². The van der Waals surface area contributed by atoms with E-state index in [1.54, 1.807) is 17.4 Å². The average Bonchev–Trinajstić information content (AvgIpc) is 2.81. The van der Waals surface area contributed by atoms with Crippen molar-refractivity contribution in [2.75, 3.05) is 6.61 Å². The fraction of sp³-hybridized carbons (Fsp3) is 0.357. The largest absolute Gasteiger partial charge is 0.376 e. The fourth-order valence-corrected chi connectivity index (χ4v) is 2.51. The molecule has 0 aliphatic carbocycles. The van der Waals surface area contributed by atoms with Crippen LogP contribution in [0.25, 0.3) is 0 Å². The van der Waals surface area contributed by atoms with Crippen LogP contribution >= 0.6 is 11.3 Å². The van der Waals surface area contributed by atoms with Gasteiger partial charge in [-0.3, -0.25) is 0 Å². The summed E-state index contributed by atoms with van der Waals surface area (Å²) in [5, 5.41) is 0. The van der Waals surface area contributed by atoms with Gasteiger partial charge < -0.3 is 10.5 Å². The van der Waals surface area contributed by atoms with E-state index in [2.05, 4.69) is 4.98 Å². The van der Waals surface area contributed by atoms with Gasteiger partial charge in [0.2, 0.25) is 0 Å². The minimum atomic E-state index is -0.253. The Morgan fingerprint density at radius 2 is 2.26 bits per heavy atom. The molecule has 0 aliphatic heterocycles. The van der Waals surface area contributed by atoms with Gasteiger partial charge in [0.25, 0.3) is 0 Å². The normalized spacial score (nSPS) is 10.9. The second-order valence-electron chi connectivity index (χ2n) is 4.29. The molecule has 19 heavy (non-hydrogen) atoms. The van der Waals surface area contributed by atoms with Crippen LogP contribution in [0.3, 0.4) is 0 Å². The fourth-order valence-electron chi connectivity index (χ4n) is 1.75. The second kappa shape index (κ2) is 6.75. The first-order valence-corrected chi connectivity index (χ1v) is 7.02. The van der Waals surface area contributed by atoms with E-state index in [1.165, 1.54) is 10.9 Å². The topological polar surface area (TPSA) is 48.1 Å². The van der Waals surface area contributed by atoms with Gasteiger partial charge in [-0.1, -0.05) is 12.1 Å². The van der Waals surface area contributed by atoms with Crippen LogP contribution < -0.4 is 5.73 Å². The summed E-state index contributed by atoms with van der Waals surface area (Å²) in [6.07, 6.45) is 0.818. The molecule has 5 heteroatoms. The maximum absolute atomic E-state index is 13.7. The van der Waals surface area contributed by atoms with Gasteiger partial charge in [-0.25, -0.2) is 9.37 Å². The summed E-state index contributed by atoms with van der Waals surface area (Å²) in [6, 6.07) is 5.02. The summed E-state index contributed by atoms with van der Waals surface area (Å²) in [7, 11) is 0. The zero-order chi connectivity index (χ0) is 13.7. The molecule has 0 spiro atoms. The molecule has 0 amide bonds. The molecule has 0 bridgehead atoms. The predicted octanol–water partition coefficient (Wildman–Crippen LogP) is 2.81. The van der Waals surface area contributed by atoms with Crippen LogP contribution in [0.5, 0.6) is 0 Å². The molecule has 102 valence electrons. The van der Waals surface area contributed by atoms with Crippen LogP contribution in [0.2, 0.25) is 0 Å². The highest BCUT2D eigenvalue weighted by Crippen LogP contribution is 2.14. The maximum atomic E-state index is 13.7. The van der Waals surface area contributed by atoms with Crippen LogP contribution in [-0.4, -0.2) is 11.6 Å². The number of aryl methyl sites for hydroxylation is 1. The first-order valence-electron chi connectivity index (χ1n) is 6.14. The molecule has 2 rings (SSSR count). The highest BCUT2D eigenvalue weighted by molar-refractivity contribution is 7.09. The number of benzene rings is 1. The van der Waals surface area contributed by atoms with Crippen molar-refractivity contribution in [1.82, 2.24) is 4.98 Å². The Morgan fingerprint density at radius 1 is 1.42 bits per heavy atom. The quantitative estimate of drug-likeness (QED) is 0.828. The van der Waals surface area contributed by atoms with E-state index in [1.807, 2.05) is 18.5 Å². The molecule has 0 atom stereocenters. The summed E-state index contributed by atoms with van der Waals surface area (Å²) in [6.45, 7) is 3.19. The van der Waals surface area contributed by atoms with Crippen molar-refractivity contribution >= 4 is 11.3 Å². The Bertz CT molecular complexity index is 542. The van der Waals surface area contributed by atoms with Gasteiger partial charge in [0, 0.05) is 23.4 Å². The number of ether oxygens (including phenoxy) is 1. The summed E-state index contributed by atoms with van der Waals surface area (Å²) >= 11 is 1.62. The van der Waals surface area contributed by atoms with Crippen molar-refractivity contribution in [2.45, 2.75) is 26.5 Å². The number of nitrogens with two attached hydrogens (primary N) is 1. The van der Waals surface area contributed by atoms with Crippen LogP contribution in [-0.2, 0) is 24.3 Å². The third-order valence-corrected chi connectivity index (χ3v) is 3.92. The highest BCUT2D eigenvalue weighted by Gasteiger charge is 2.05. The highest BCUT2D eigenvalue weighted by atomic mass is 32.1. The Balaban J connectivity index is 1.81. The molecule has 0 fully saturated rings. The molecule has 0 aliphatic rings. The third kappa shape index (κ3) is 3.83. The summed E-state index contributed by atoms with van der Waals surface area (Å²) < 4.78 is 19.2. The molecular formula is C14H17FN2OS. The van der Waals surface area contributed by atoms with Crippen molar-refractivity contribution in [2.24, 2.45) is 5.73 Å². The van der Waals surface area contributed by atoms with Gasteiger partial charge in [-0.05, 0) is 18.6 Å².